The van der Waals surface area contributed by atoms with E-state index < -0.39 is 28.9 Å². The molecule has 1 unspecified atom stereocenters. The van der Waals surface area contributed by atoms with Gasteiger partial charge in [0.2, 0.25) is 0 Å². The number of Topliss-reactive ketones (excluding diaryl/α,β-unsaturated/α-hetero) is 1. The van der Waals surface area contributed by atoms with E-state index in [0.29, 0.717) is 12.8 Å². The van der Waals surface area contributed by atoms with Crippen molar-refractivity contribution in [2.24, 2.45) is 5.92 Å². The molecule has 2 nitrogen and oxygen atoms in total. The maximum absolute atomic E-state index is 13.4. The quantitative estimate of drug-likeness (QED) is 0.609. The molecule has 1 aromatic rings. The average molecular weight is 258 g/mol. The highest BCUT2D eigenvalue weighted by molar-refractivity contribution is 6.30. The molecule has 0 spiro atoms. The summed E-state index contributed by atoms with van der Waals surface area (Å²) in [5.41, 5.74) is -0.424. The Hall–Kier alpha value is -1.47. The van der Waals surface area contributed by atoms with Gasteiger partial charge in [-0.1, -0.05) is 24.9 Å². The second-order valence-electron chi connectivity index (χ2n) is 3.58. The van der Waals surface area contributed by atoms with Crippen LogP contribution in [0.15, 0.2) is 12.1 Å². The fourth-order valence-corrected chi connectivity index (χ4v) is 1.59. The molecule has 0 amide bonds. The summed E-state index contributed by atoms with van der Waals surface area (Å²) in [5, 5.41) is 8.40. The van der Waals surface area contributed by atoms with E-state index >= 15 is 0 Å². The van der Waals surface area contributed by atoms with Crippen LogP contribution in [0.2, 0.25) is 5.02 Å². The zero-order valence-corrected chi connectivity index (χ0v) is 9.89. The SMILES string of the molecule is CCCC(C#N)C(=O)c1cc(F)c(Cl)cc1F. The molecule has 0 aliphatic carbocycles. The number of ketones is 1. The number of hydrogen-bond donors (Lipinski definition) is 0. The Kier molecular flexibility index (Phi) is 4.59. The summed E-state index contributed by atoms with van der Waals surface area (Å²) in [4.78, 5) is 11.8. The number of carbonyl (C=O) groups is 1. The molecule has 0 heterocycles. The highest BCUT2D eigenvalue weighted by atomic mass is 35.5. The molecule has 0 fully saturated rings. The number of hydrogen-bond acceptors (Lipinski definition) is 2. The second-order valence-corrected chi connectivity index (χ2v) is 3.99. The first-order chi connectivity index (χ1) is 8.01. The molecule has 1 atom stereocenters. The summed E-state index contributed by atoms with van der Waals surface area (Å²) in [6.45, 7) is 1.80. The lowest BCUT2D eigenvalue weighted by atomic mass is 9.94. The second kappa shape index (κ2) is 5.74. The predicted octanol–water partition coefficient (Wildman–Crippen LogP) is 3.74. The third-order valence-corrected chi connectivity index (χ3v) is 2.61. The highest BCUT2D eigenvalue weighted by Gasteiger charge is 2.23. The Balaban J connectivity index is 3.12. The summed E-state index contributed by atoms with van der Waals surface area (Å²) in [6, 6.07) is 3.27. The maximum Gasteiger partial charge on any atom is 0.183 e. The van der Waals surface area contributed by atoms with E-state index in [2.05, 4.69) is 0 Å². The van der Waals surface area contributed by atoms with Crippen LogP contribution >= 0.6 is 11.6 Å². The van der Waals surface area contributed by atoms with Gasteiger partial charge in [0.15, 0.2) is 5.78 Å². The predicted molar refractivity (Wildman–Crippen MR) is 59.7 cm³/mol. The molecule has 5 heteroatoms. The number of rotatable bonds is 4. The molecular formula is C12H10ClF2NO. The number of benzene rings is 1. The molecule has 0 aromatic heterocycles. The van der Waals surface area contributed by atoms with Gasteiger partial charge in [-0.25, -0.2) is 8.78 Å². The first-order valence-electron chi connectivity index (χ1n) is 5.09. The zero-order valence-electron chi connectivity index (χ0n) is 9.14. The number of halogens is 3. The van der Waals surface area contributed by atoms with Gasteiger partial charge in [-0.15, -0.1) is 0 Å². The minimum absolute atomic E-state index is 0.318. The maximum atomic E-state index is 13.4. The summed E-state index contributed by atoms with van der Waals surface area (Å²) in [7, 11) is 0. The van der Waals surface area contributed by atoms with Gasteiger partial charge < -0.3 is 0 Å². The van der Waals surface area contributed by atoms with Crippen LogP contribution in [0.4, 0.5) is 8.78 Å². The molecule has 0 N–H and O–H groups in total. The molecule has 1 aromatic carbocycles. The fraction of sp³-hybridized carbons (Fsp3) is 0.333. The van der Waals surface area contributed by atoms with E-state index in [-0.39, 0.29) is 5.02 Å². The number of nitrogens with zero attached hydrogens (tertiary/aromatic N) is 1. The van der Waals surface area contributed by atoms with Gasteiger partial charge in [-0.2, -0.15) is 5.26 Å². The zero-order chi connectivity index (χ0) is 13.0. The third-order valence-electron chi connectivity index (χ3n) is 2.33. The number of nitriles is 1. The van der Waals surface area contributed by atoms with Gasteiger partial charge >= 0.3 is 0 Å². The van der Waals surface area contributed by atoms with Crippen molar-refractivity contribution in [3.8, 4) is 6.07 Å². The van der Waals surface area contributed by atoms with Crippen LogP contribution < -0.4 is 0 Å². The molecular weight excluding hydrogens is 248 g/mol. The first-order valence-corrected chi connectivity index (χ1v) is 5.47. The van der Waals surface area contributed by atoms with Crippen molar-refractivity contribution in [3.05, 3.63) is 34.4 Å². The van der Waals surface area contributed by atoms with E-state index in [0.717, 1.165) is 12.1 Å². The van der Waals surface area contributed by atoms with Crippen molar-refractivity contribution in [1.82, 2.24) is 0 Å². The van der Waals surface area contributed by atoms with Crippen LogP contribution in [0.3, 0.4) is 0 Å². The van der Waals surface area contributed by atoms with E-state index in [1.165, 1.54) is 0 Å². The van der Waals surface area contributed by atoms with Crippen molar-refractivity contribution in [1.29, 1.82) is 5.26 Å². The highest BCUT2D eigenvalue weighted by Crippen LogP contribution is 2.22. The molecule has 0 saturated heterocycles. The average Bonchev–Trinajstić information content (AvgIpc) is 2.30. The van der Waals surface area contributed by atoms with E-state index in [9.17, 15) is 13.6 Å². The molecule has 0 aliphatic rings. The molecule has 0 bridgehead atoms. The van der Waals surface area contributed by atoms with Crippen LogP contribution in [0.1, 0.15) is 30.1 Å². The lowest BCUT2D eigenvalue weighted by molar-refractivity contribution is 0.0939. The van der Waals surface area contributed by atoms with Gasteiger partial charge in [-0.3, -0.25) is 4.79 Å². The van der Waals surface area contributed by atoms with Crippen molar-refractivity contribution in [2.45, 2.75) is 19.8 Å². The van der Waals surface area contributed by atoms with Crippen molar-refractivity contribution >= 4 is 17.4 Å². The summed E-state index contributed by atoms with van der Waals surface area (Å²) < 4.78 is 26.6. The largest absolute Gasteiger partial charge is 0.293 e. The fourth-order valence-electron chi connectivity index (χ4n) is 1.44. The minimum Gasteiger partial charge on any atom is -0.293 e. The normalized spacial score (nSPS) is 11.9. The Morgan fingerprint density at radius 1 is 1.47 bits per heavy atom. The lowest BCUT2D eigenvalue weighted by Gasteiger charge is -2.08. The summed E-state index contributed by atoms with van der Waals surface area (Å²) in [6.07, 6.45) is 0.931. The van der Waals surface area contributed by atoms with Crippen molar-refractivity contribution < 1.29 is 13.6 Å². The van der Waals surface area contributed by atoms with E-state index in [1.807, 2.05) is 0 Å². The first kappa shape index (κ1) is 13.6. The monoisotopic (exact) mass is 257 g/mol. The topological polar surface area (TPSA) is 40.9 Å². The van der Waals surface area contributed by atoms with E-state index in [1.54, 1.807) is 13.0 Å². The molecule has 17 heavy (non-hydrogen) atoms. The van der Waals surface area contributed by atoms with Gasteiger partial charge in [-0.05, 0) is 18.6 Å². The van der Waals surface area contributed by atoms with Gasteiger partial charge in [0.25, 0.3) is 0 Å². The summed E-state index contributed by atoms with van der Waals surface area (Å²) >= 11 is 5.37. The third kappa shape index (κ3) is 3.01. The van der Waals surface area contributed by atoms with Crippen LogP contribution in [0.5, 0.6) is 0 Å². The van der Waals surface area contributed by atoms with Crippen molar-refractivity contribution in [2.75, 3.05) is 0 Å². The number of carbonyl (C=O) groups excluding carboxylic acids is 1. The summed E-state index contributed by atoms with van der Waals surface area (Å²) in [5.74, 6) is -3.43. The molecule has 0 aliphatic heterocycles. The van der Waals surface area contributed by atoms with Crippen LogP contribution in [0.25, 0.3) is 0 Å². The Morgan fingerprint density at radius 3 is 2.65 bits per heavy atom. The van der Waals surface area contributed by atoms with Gasteiger partial charge in [0.05, 0.1) is 16.7 Å². The lowest BCUT2D eigenvalue weighted by Crippen LogP contribution is -2.15. The molecule has 0 radical (unpaired) electrons. The van der Waals surface area contributed by atoms with Crippen LogP contribution in [-0.2, 0) is 0 Å². The molecule has 0 saturated carbocycles. The standard InChI is InChI=1S/C12H10ClF2NO/c1-2-3-7(6-16)12(17)8-4-11(15)9(13)5-10(8)14/h4-5,7H,2-3H2,1H3. The van der Waals surface area contributed by atoms with Crippen molar-refractivity contribution in [3.63, 3.8) is 0 Å². The Morgan fingerprint density at radius 2 is 2.12 bits per heavy atom. The smallest absolute Gasteiger partial charge is 0.183 e. The molecule has 90 valence electrons. The Labute approximate surface area is 103 Å². The molecule has 1 rings (SSSR count). The Bertz CT molecular complexity index is 482. The van der Waals surface area contributed by atoms with Gasteiger partial charge in [0, 0.05) is 0 Å². The van der Waals surface area contributed by atoms with Crippen LogP contribution in [0, 0.1) is 28.9 Å². The minimum atomic E-state index is -0.949. The van der Waals surface area contributed by atoms with Crippen LogP contribution in [-0.4, -0.2) is 5.78 Å². The van der Waals surface area contributed by atoms with Gasteiger partial charge in [0.1, 0.15) is 17.6 Å². The van der Waals surface area contributed by atoms with E-state index in [4.69, 9.17) is 16.9 Å².